The third-order valence-electron chi connectivity index (χ3n) is 4.87. The van der Waals surface area contributed by atoms with E-state index in [4.69, 9.17) is 17.3 Å². The van der Waals surface area contributed by atoms with Crippen molar-refractivity contribution in [3.63, 3.8) is 0 Å². The summed E-state index contributed by atoms with van der Waals surface area (Å²) in [6, 6.07) is 3.82. The van der Waals surface area contributed by atoms with Gasteiger partial charge in [-0.25, -0.2) is 0 Å². The van der Waals surface area contributed by atoms with Crippen LogP contribution >= 0.6 is 11.6 Å². The number of carbonyl (C=O) groups excluding carboxylic acids is 1. The first-order valence-corrected chi connectivity index (χ1v) is 8.76. The van der Waals surface area contributed by atoms with Crippen molar-refractivity contribution in [2.24, 2.45) is 5.73 Å². The van der Waals surface area contributed by atoms with Crippen LogP contribution in [0.25, 0.3) is 0 Å². The van der Waals surface area contributed by atoms with Gasteiger partial charge in [0.25, 0.3) is 5.91 Å². The van der Waals surface area contributed by atoms with E-state index in [1.54, 1.807) is 6.07 Å². The second-order valence-corrected chi connectivity index (χ2v) is 6.93. The minimum absolute atomic E-state index is 0.405. The molecule has 2 fully saturated rings. The Bertz CT molecular complexity index is 578. The molecule has 126 valence electrons. The van der Waals surface area contributed by atoms with Crippen LogP contribution in [0.5, 0.6) is 0 Å². The molecular weight excluding hydrogens is 312 g/mol. The number of hydrogen-bond donors (Lipinski definition) is 1. The van der Waals surface area contributed by atoms with Gasteiger partial charge < -0.3 is 20.4 Å². The topological polar surface area (TPSA) is 52.8 Å². The maximum absolute atomic E-state index is 11.9. The minimum atomic E-state index is -0.405. The van der Waals surface area contributed by atoms with E-state index < -0.39 is 5.91 Å². The predicted molar refractivity (Wildman–Crippen MR) is 95.7 cm³/mol. The van der Waals surface area contributed by atoms with Gasteiger partial charge in [0, 0.05) is 39.3 Å². The van der Waals surface area contributed by atoms with E-state index in [1.807, 2.05) is 0 Å². The molecule has 2 heterocycles. The fraction of sp³-hybridized carbons (Fsp3) is 0.588. The van der Waals surface area contributed by atoms with Gasteiger partial charge in [0.05, 0.1) is 22.0 Å². The van der Waals surface area contributed by atoms with Crippen LogP contribution < -0.4 is 15.5 Å². The lowest BCUT2D eigenvalue weighted by Crippen LogP contribution is -2.44. The maximum Gasteiger partial charge on any atom is 0.250 e. The first kappa shape index (κ1) is 16.4. The highest BCUT2D eigenvalue weighted by Crippen LogP contribution is 2.35. The van der Waals surface area contributed by atoms with Gasteiger partial charge in [-0.1, -0.05) is 11.6 Å². The summed E-state index contributed by atoms with van der Waals surface area (Å²) in [4.78, 5) is 18.8. The van der Waals surface area contributed by atoms with Crippen LogP contribution in [-0.2, 0) is 0 Å². The molecule has 23 heavy (non-hydrogen) atoms. The van der Waals surface area contributed by atoms with Crippen LogP contribution in [0.4, 0.5) is 11.4 Å². The Hall–Kier alpha value is -1.46. The van der Waals surface area contributed by atoms with Gasteiger partial charge in [-0.3, -0.25) is 4.79 Å². The van der Waals surface area contributed by atoms with E-state index in [-0.39, 0.29) is 0 Å². The van der Waals surface area contributed by atoms with Crippen molar-refractivity contribution < 1.29 is 4.79 Å². The maximum atomic E-state index is 11.9. The summed E-state index contributed by atoms with van der Waals surface area (Å²) in [5.74, 6) is -0.405. The predicted octanol–water partition coefficient (Wildman–Crippen LogP) is 2.18. The van der Waals surface area contributed by atoms with Gasteiger partial charge in [0.1, 0.15) is 0 Å². The largest absolute Gasteiger partial charge is 0.371 e. The summed E-state index contributed by atoms with van der Waals surface area (Å²) in [5, 5.41) is 0.615. The summed E-state index contributed by atoms with van der Waals surface area (Å²) < 4.78 is 0. The molecule has 1 amide bonds. The molecule has 0 spiro atoms. The molecule has 2 N–H and O–H groups in total. The number of hydrogen-bond acceptors (Lipinski definition) is 4. The molecule has 0 atom stereocenters. The van der Waals surface area contributed by atoms with Crippen LogP contribution in [0.15, 0.2) is 12.1 Å². The molecule has 2 aliphatic heterocycles. The normalized spacial score (nSPS) is 19.9. The van der Waals surface area contributed by atoms with Gasteiger partial charge in [0.15, 0.2) is 0 Å². The van der Waals surface area contributed by atoms with Crippen LogP contribution in [-0.4, -0.2) is 57.1 Å². The molecule has 0 saturated carbocycles. The quantitative estimate of drug-likeness (QED) is 0.919. The average Bonchev–Trinajstić information content (AvgIpc) is 2.56. The number of benzene rings is 1. The fourth-order valence-electron chi connectivity index (χ4n) is 3.43. The SMILES string of the molecule is CN1CCN(c2cc(N3CCCCC3)c(C(N)=O)cc2Cl)CC1. The number of rotatable bonds is 3. The Morgan fingerprint density at radius 2 is 1.57 bits per heavy atom. The second kappa shape index (κ2) is 6.97. The number of amides is 1. The number of nitrogens with zero attached hydrogens (tertiary/aromatic N) is 3. The standard InChI is InChI=1S/C17H25ClN4O/c1-20-7-9-22(10-8-20)16-12-15(21-5-3-2-4-6-21)13(17(19)23)11-14(16)18/h11-12H,2-10H2,1H3,(H2,19,23). The van der Waals surface area contributed by atoms with E-state index in [2.05, 4.69) is 27.8 Å². The highest BCUT2D eigenvalue weighted by atomic mass is 35.5. The molecule has 0 radical (unpaired) electrons. The van der Waals surface area contributed by atoms with E-state index in [1.165, 1.54) is 6.42 Å². The fourth-order valence-corrected chi connectivity index (χ4v) is 3.72. The lowest BCUT2D eigenvalue weighted by molar-refractivity contribution is 0.100. The van der Waals surface area contributed by atoms with E-state index in [0.717, 1.165) is 63.5 Å². The third kappa shape index (κ3) is 3.56. The lowest BCUT2D eigenvalue weighted by atomic mass is 10.1. The number of piperidine rings is 1. The van der Waals surface area contributed by atoms with Gasteiger partial charge >= 0.3 is 0 Å². The summed E-state index contributed by atoms with van der Waals surface area (Å²) in [6.07, 6.45) is 3.57. The number of nitrogens with two attached hydrogens (primary N) is 1. The van der Waals surface area contributed by atoms with Crippen molar-refractivity contribution in [2.75, 3.05) is 56.1 Å². The molecule has 5 nitrogen and oxygen atoms in total. The number of halogens is 1. The van der Waals surface area contributed by atoms with E-state index in [0.29, 0.717) is 10.6 Å². The summed E-state index contributed by atoms with van der Waals surface area (Å²) in [6.45, 7) is 5.89. The summed E-state index contributed by atoms with van der Waals surface area (Å²) >= 11 is 6.47. The Labute approximate surface area is 143 Å². The Kier molecular flexibility index (Phi) is 4.97. The molecule has 1 aromatic rings. The molecule has 1 aromatic carbocycles. The van der Waals surface area contributed by atoms with Gasteiger partial charge in [-0.15, -0.1) is 0 Å². The first-order valence-electron chi connectivity index (χ1n) is 8.38. The molecule has 0 aromatic heterocycles. The number of carbonyl (C=O) groups is 1. The molecule has 6 heteroatoms. The van der Waals surface area contributed by atoms with Gasteiger partial charge in [0.2, 0.25) is 0 Å². The third-order valence-corrected chi connectivity index (χ3v) is 5.17. The molecule has 0 unspecified atom stereocenters. The van der Waals surface area contributed by atoms with E-state index >= 15 is 0 Å². The molecular formula is C17H25ClN4O. The zero-order chi connectivity index (χ0) is 16.4. The first-order chi connectivity index (χ1) is 11.1. The highest BCUT2D eigenvalue weighted by molar-refractivity contribution is 6.34. The molecule has 2 saturated heterocycles. The van der Waals surface area contributed by atoms with Crippen molar-refractivity contribution in [1.29, 1.82) is 0 Å². The Morgan fingerprint density at radius 1 is 0.957 bits per heavy atom. The van der Waals surface area contributed by atoms with Gasteiger partial charge in [-0.05, 0) is 38.4 Å². The Morgan fingerprint density at radius 3 is 2.17 bits per heavy atom. The molecule has 3 rings (SSSR count). The van der Waals surface area contributed by atoms with E-state index in [9.17, 15) is 4.79 Å². The zero-order valence-corrected chi connectivity index (χ0v) is 14.5. The van der Waals surface area contributed by atoms with Crippen molar-refractivity contribution in [1.82, 2.24) is 4.90 Å². The van der Waals surface area contributed by atoms with Crippen LogP contribution in [0.1, 0.15) is 29.6 Å². The smallest absolute Gasteiger partial charge is 0.250 e. The van der Waals surface area contributed by atoms with Crippen molar-refractivity contribution in [2.45, 2.75) is 19.3 Å². The average molecular weight is 337 g/mol. The summed E-state index contributed by atoms with van der Waals surface area (Å²) in [5.41, 5.74) is 8.09. The molecule has 0 aliphatic carbocycles. The number of anilines is 2. The number of primary amides is 1. The zero-order valence-electron chi connectivity index (χ0n) is 13.7. The Balaban J connectivity index is 1.95. The van der Waals surface area contributed by atoms with Gasteiger partial charge in [-0.2, -0.15) is 0 Å². The lowest BCUT2D eigenvalue weighted by Gasteiger charge is -2.36. The van der Waals surface area contributed by atoms with Crippen LogP contribution in [0.3, 0.4) is 0 Å². The highest BCUT2D eigenvalue weighted by Gasteiger charge is 2.23. The number of likely N-dealkylation sites (N-methyl/N-ethyl adjacent to an activating group) is 1. The van der Waals surface area contributed by atoms with Crippen molar-refractivity contribution >= 4 is 28.9 Å². The van der Waals surface area contributed by atoms with Crippen LogP contribution in [0.2, 0.25) is 5.02 Å². The van der Waals surface area contributed by atoms with Crippen LogP contribution in [0, 0.1) is 0 Å². The molecule has 2 aliphatic rings. The van der Waals surface area contributed by atoms with Crippen molar-refractivity contribution in [3.05, 3.63) is 22.7 Å². The number of piperazine rings is 1. The minimum Gasteiger partial charge on any atom is -0.371 e. The summed E-state index contributed by atoms with van der Waals surface area (Å²) in [7, 11) is 2.13. The monoisotopic (exact) mass is 336 g/mol. The second-order valence-electron chi connectivity index (χ2n) is 6.52. The van der Waals surface area contributed by atoms with Crippen molar-refractivity contribution in [3.8, 4) is 0 Å². The molecule has 0 bridgehead atoms.